The molecule has 1 amide bonds. The van der Waals surface area contributed by atoms with E-state index in [0.29, 0.717) is 27.5 Å². The molecule has 0 spiro atoms. The van der Waals surface area contributed by atoms with Gasteiger partial charge in [-0.3, -0.25) is 4.79 Å². The van der Waals surface area contributed by atoms with Crippen LogP contribution in [0.15, 0.2) is 46.8 Å². The Morgan fingerprint density at radius 3 is 2.47 bits per heavy atom. The van der Waals surface area contributed by atoms with Crippen molar-refractivity contribution in [3.8, 4) is 17.2 Å². The van der Waals surface area contributed by atoms with Gasteiger partial charge in [-0.2, -0.15) is 0 Å². The third kappa shape index (κ3) is 6.01. The van der Waals surface area contributed by atoms with Gasteiger partial charge in [0.1, 0.15) is 5.75 Å². The van der Waals surface area contributed by atoms with Gasteiger partial charge in [0, 0.05) is 12.2 Å². The molecule has 0 radical (unpaired) electrons. The molecule has 0 atom stereocenters. The van der Waals surface area contributed by atoms with Gasteiger partial charge in [0.15, 0.2) is 15.8 Å². The van der Waals surface area contributed by atoms with E-state index < -0.39 is 0 Å². The topological polar surface area (TPSA) is 94.6 Å². The van der Waals surface area contributed by atoms with Crippen LogP contribution in [0.3, 0.4) is 0 Å². The van der Waals surface area contributed by atoms with Crippen molar-refractivity contribution in [1.82, 2.24) is 15.5 Å². The number of ether oxygens (including phenoxy) is 3. The molecular weight excluding hydrogens is 424 g/mol. The molecule has 0 bridgehead atoms. The molecule has 3 aromatic rings. The number of hydrogen-bond donors (Lipinski definition) is 2. The van der Waals surface area contributed by atoms with Crippen LogP contribution in [-0.2, 0) is 11.3 Å². The van der Waals surface area contributed by atoms with Crippen LogP contribution in [0.1, 0.15) is 5.56 Å². The van der Waals surface area contributed by atoms with Crippen LogP contribution in [-0.4, -0.2) is 43.2 Å². The molecule has 0 saturated heterocycles. The standard InChI is InChI=1S/C20H22N4O4S2/c1-26-15-7-5-14(6-8-15)22-19-23-24-20(30-19)29-12-18(25)21-11-13-4-9-16(27-2)17(10-13)28-3/h4-10H,11-12H2,1-3H3,(H,21,25)(H,22,23). The Morgan fingerprint density at radius 1 is 1.00 bits per heavy atom. The summed E-state index contributed by atoms with van der Waals surface area (Å²) in [6.45, 7) is 0.403. The maximum absolute atomic E-state index is 12.2. The van der Waals surface area contributed by atoms with Gasteiger partial charge in [-0.1, -0.05) is 29.2 Å². The van der Waals surface area contributed by atoms with E-state index in [-0.39, 0.29) is 11.7 Å². The number of carbonyl (C=O) groups is 1. The number of carbonyl (C=O) groups excluding carboxylic acids is 1. The van der Waals surface area contributed by atoms with Crippen molar-refractivity contribution in [2.45, 2.75) is 10.9 Å². The normalized spacial score (nSPS) is 10.4. The lowest BCUT2D eigenvalue weighted by atomic mass is 10.2. The summed E-state index contributed by atoms with van der Waals surface area (Å²) in [5, 5.41) is 15.0. The molecule has 10 heteroatoms. The first-order valence-corrected chi connectivity index (χ1v) is 10.8. The molecule has 0 unspecified atom stereocenters. The van der Waals surface area contributed by atoms with Crippen molar-refractivity contribution < 1.29 is 19.0 Å². The zero-order valence-corrected chi connectivity index (χ0v) is 18.4. The number of aromatic nitrogens is 2. The molecule has 0 fully saturated rings. The van der Waals surface area contributed by atoms with Gasteiger partial charge in [-0.15, -0.1) is 10.2 Å². The lowest BCUT2D eigenvalue weighted by Gasteiger charge is -2.10. The molecule has 1 heterocycles. The fraction of sp³-hybridized carbons (Fsp3) is 0.250. The van der Waals surface area contributed by atoms with Gasteiger partial charge in [-0.25, -0.2) is 0 Å². The summed E-state index contributed by atoms with van der Waals surface area (Å²) in [6, 6.07) is 13.1. The average Bonchev–Trinajstić information content (AvgIpc) is 3.23. The van der Waals surface area contributed by atoms with Crippen LogP contribution in [0.25, 0.3) is 0 Å². The first-order chi connectivity index (χ1) is 14.6. The number of hydrogen-bond acceptors (Lipinski definition) is 9. The molecule has 3 rings (SSSR count). The molecule has 8 nitrogen and oxygen atoms in total. The molecule has 2 N–H and O–H groups in total. The van der Waals surface area contributed by atoms with Crippen LogP contribution in [0.5, 0.6) is 17.2 Å². The fourth-order valence-corrected chi connectivity index (χ4v) is 4.09. The molecule has 2 aromatic carbocycles. The van der Waals surface area contributed by atoms with E-state index in [1.807, 2.05) is 42.5 Å². The smallest absolute Gasteiger partial charge is 0.230 e. The number of thioether (sulfide) groups is 1. The summed E-state index contributed by atoms with van der Waals surface area (Å²) in [5.74, 6) is 2.23. The minimum Gasteiger partial charge on any atom is -0.497 e. The average molecular weight is 447 g/mol. The number of rotatable bonds is 10. The van der Waals surface area contributed by atoms with E-state index in [2.05, 4.69) is 20.8 Å². The van der Waals surface area contributed by atoms with Crippen LogP contribution >= 0.6 is 23.1 Å². The zero-order valence-electron chi connectivity index (χ0n) is 16.8. The summed E-state index contributed by atoms with van der Waals surface area (Å²) in [6.07, 6.45) is 0. The number of methoxy groups -OCH3 is 3. The lowest BCUT2D eigenvalue weighted by molar-refractivity contribution is -0.118. The number of nitrogens with one attached hydrogen (secondary N) is 2. The van der Waals surface area contributed by atoms with Crippen LogP contribution in [0.2, 0.25) is 0 Å². The predicted molar refractivity (Wildman–Crippen MR) is 118 cm³/mol. The minimum atomic E-state index is -0.0883. The van der Waals surface area contributed by atoms with Gasteiger partial charge in [-0.05, 0) is 42.0 Å². The van der Waals surface area contributed by atoms with Crippen molar-refractivity contribution in [2.75, 3.05) is 32.4 Å². The Balaban J connectivity index is 1.46. The quantitative estimate of drug-likeness (QED) is 0.455. The Kier molecular flexibility index (Phi) is 7.75. The second kappa shape index (κ2) is 10.7. The van der Waals surface area contributed by atoms with Gasteiger partial charge < -0.3 is 24.8 Å². The highest BCUT2D eigenvalue weighted by molar-refractivity contribution is 8.01. The molecule has 0 aliphatic heterocycles. The Hall–Kier alpha value is -2.98. The van der Waals surface area contributed by atoms with E-state index in [1.165, 1.54) is 23.1 Å². The van der Waals surface area contributed by atoms with Crippen LogP contribution in [0, 0.1) is 0 Å². The number of nitrogens with zero attached hydrogens (tertiary/aromatic N) is 2. The Labute approximate surface area is 183 Å². The van der Waals surface area contributed by atoms with E-state index in [4.69, 9.17) is 14.2 Å². The van der Waals surface area contributed by atoms with E-state index in [0.717, 1.165) is 17.0 Å². The highest BCUT2D eigenvalue weighted by Gasteiger charge is 2.10. The first-order valence-electron chi connectivity index (χ1n) is 8.96. The Morgan fingerprint density at radius 2 is 1.77 bits per heavy atom. The van der Waals surface area contributed by atoms with E-state index in [9.17, 15) is 4.79 Å². The molecular formula is C20H22N4O4S2. The van der Waals surface area contributed by atoms with E-state index >= 15 is 0 Å². The summed E-state index contributed by atoms with van der Waals surface area (Å²) in [7, 11) is 4.79. The highest BCUT2D eigenvalue weighted by atomic mass is 32.2. The molecule has 0 aliphatic carbocycles. The maximum Gasteiger partial charge on any atom is 0.230 e. The van der Waals surface area contributed by atoms with Crippen molar-refractivity contribution >= 4 is 39.8 Å². The summed E-state index contributed by atoms with van der Waals surface area (Å²) < 4.78 is 16.4. The molecule has 1 aromatic heterocycles. The SMILES string of the molecule is COc1ccc(Nc2nnc(SCC(=O)NCc3ccc(OC)c(OC)c3)s2)cc1. The third-order valence-corrected chi connectivity index (χ3v) is 5.98. The lowest BCUT2D eigenvalue weighted by Crippen LogP contribution is -2.24. The van der Waals surface area contributed by atoms with Crippen LogP contribution < -0.4 is 24.8 Å². The minimum absolute atomic E-state index is 0.0883. The second-order valence-electron chi connectivity index (χ2n) is 5.98. The molecule has 30 heavy (non-hydrogen) atoms. The summed E-state index contributed by atoms with van der Waals surface area (Å²) in [5.41, 5.74) is 1.81. The number of amides is 1. The fourth-order valence-electron chi connectivity index (χ4n) is 2.49. The largest absolute Gasteiger partial charge is 0.497 e. The molecule has 0 aliphatic rings. The predicted octanol–water partition coefficient (Wildman–Crippen LogP) is 3.72. The van der Waals surface area contributed by atoms with E-state index in [1.54, 1.807) is 21.3 Å². The monoisotopic (exact) mass is 446 g/mol. The second-order valence-corrected chi connectivity index (χ2v) is 8.18. The van der Waals surface area contributed by atoms with Gasteiger partial charge >= 0.3 is 0 Å². The number of anilines is 2. The van der Waals surface area contributed by atoms with Gasteiger partial charge in [0.05, 0.1) is 27.1 Å². The van der Waals surface area contributed by atoms with Gasteiger partial charge in [0.2, 0.25) is 11.0 Å². The van der Waals surface area contributed by atoms with Crippen molar-refractivity contribution in [3.05, 3.63) is 48.0 Å². The zero-order chi connectivity index (χ0) is 21.3. The molecule has 158 valence electrons. The summed E-state index contributed by atoms with van der Waals surface area (Å²) in [4.78, 5) is 12.2. The summed E-state index contributed by atoms with van der Waals surface area (Å²) >= 11 is 2.73. The number of benzene rings is 2. The third-order valence-electron chi connectivity index (χ3n) is 4.01. The Bertz CT molecular complexity index is 979. The molecule has 0 saturated carbocycles. The maximum atomic E-state index is 12.2. The van der Waals surface area contributed by atoms with Crippen molar-refractivity contribution in [1.29, 1.82) is 0 Å². The first kappa shape index (κ1) is 21.7. The van der Waals surface area contributed by atoms with Crippen molar-refractivity contribution in [2.24, 2.45) is 0 Å². The van der Waals surface area contributed by atoms with Gasteiger partial charge in [0.25, 0.3) is 0 Å². The van der Waals surface area contributed by atoms with Crippen LogP contribution in [0.4, 0.5) is 10.8 Å². The van der Waals surface area contributed by atoms with Crippen molar-refractivity contribution in [3.63, 3.8) is 0 Å². The highest BCUT2D eigenvalue weighted by Crippen LogP contribution is 2.29.